The summed E-state index contributed by atoms with van der Waals surface area (Å²) in [5.74, 6) is 0.923. The number of hydrogen-bond donors (Lipinski definition) is 1. The van der Waals surface area contributed by atoms with Gasteiger partial charge in [0.25, 0.3) is 0 Å². The van der Waals surface area contributed by atoms with Gasteiger partial charge in [-0.25, -0.2) is 0 Å². The predicted molar refractivity (Wildman–Crippen MR) is 109 cm³/mol. The summed E-state index contributed by atoms with van der Waals surface area (Å²) in [6.45, 7) is 7.86. The molecule has 1 saturated heterocycles. The van der Waals surface area contributed by atoms with Crippen LogP contribution in [-0.2, 0) is 0 Å². The molecule has 0 saturated carbocycles. The van der Waals surface area contributed by atoms with E-state index in [1.807, 2.05) is 12.1 Å². The van der Waals surface area contributed by atoms with Crippen LogP contribution in [0.2, 0.25) is 0 Å². The molecule has 0 bridgehead atoms. The lowest BCUT2D eigenvalue weighted by Crippen LogP contribution is -2.50. The molecule has 1 aliphatic rings. The highest BCUT2D eigenvalue weighted by Gasteiger charge is 2.21. The van der Waals surface area contributed by atoms with E-state index >= 15 is 0 Å². The van der Waals surface area contributed by atoms with E-state index in [-0.39, 0.29) is 0 Å². The number of hydrogen-bond acceptors (Lipinski definition) is 3. The standard InChI is InChI=1S/C20H25N3OS/c1-15-12-16(2)14-17(13-15)21-20(25)23-10-8-22(9-11-23)18-6-4-5-7-19(18)24-3/h4-7,12-14H,8-11H2,1-3H3,(H,21,25). The lowest BCUT2D eigenvalue weighted by atomic mass is 10.1. The number of aryl methyl sites for hydroxylation is 2. The Morgan fingerprint density at radius 1 is 1.00 bits per heavy atom. The third-order valence-corrected chi connectivity index (χ3v) is 4.83. The van der Waals surface area contributed by atoms with Gasteiger partial charge in [0, 0.05) is 31.9 Å². The number of rotatable bonds is 3. The third-order valence-electron chi connectivity index (χ3n) is 4.47. The van der Waals surface area contributed by atoms with Crippen LogP contribution in [0.1, 0.15) is 11.1 Å². The number of thiocarbonyl (C=S) groups is 1. The molecule has 0 aromatic heterocycles. The Balaban J connectivity index is 1.61. The molecule has 5 heteroatoms. The summed E-state index contributed by atoms with van der Waals surface area (Å²) in [5.41, 5.74) is 4.70. The van der Waals surface area contributed by atoms with Crippen molar-refractivity contribution in [2.24, 2.45) is 0 Å². The lowest BCUT2D eigenvalue weighted by molar-refractivity contribution is 0.382. The van der Waals surface area contributed by atoms with Crippen molar-refractivity contribution in [1.82, 2.24) is 4.90 Å². The zero-order valence-corrected chi connectivity index (χ0v) is 15.9. The minimum atomic E-state index is 0.796. The fraction of sp³-hybridized carbons (Fsp3) is 0.350. The van der Waals surface area contributed by atoms with Gasteiger partial charge in [0.05, 0.1) is 12.8 Å². The molecule has 0 aliphatic carbocycles. The first-order valence-corrected chi connectivity index (χ1v) is 9.00. The van der Waals surface area contributed by atoms with E-state index in [9.17, 15) is 0 Å². The van der Waals surface area contributed by atoms with Crippen molar-refractivity contribution in [1.29, 1.82) is 0 Å². The Hall–Kier alpha value is -2.27. The van der Waals surface area contributed by atoms with E-state index in [4.69, 9.17) is 17.0 Å². The van der Waals surface area contributed by atoms with E-state index in [1.165, 1.54) is 11.1 Å². The van der Waals surface area contributed by atoms with Crippen molar-refractivity contribution >= 4 is 28.7 Å². The normalized spacial score (nSPS) is 14.4. The largest absolute Gasteiger partial charge is 0.495 e. The molecule has 0 radical (unpaired) electrons. The number of ether oxygens (including phenoxy) is 1. The summed E-state index contributed by atoms with van der Waals surface area (Å²) in [6.07, 6.45) is 0. The van der Waals surface area contributed by atoms with Gasteiger partial charge in [0.15, 0.2) is 5.11 Å². The van der Waals surface area contributed by atoms with Gasteiger partial charge in [-0.15, -0.1) is 0 Å². The summed E-state index contributed by atoms with van der Waals surface area (Å²) >= 11 is 5.62. The molecule has 1 aliphatic heterocycles. The SMILES string of the molecule is COc1ccccc1N1CCN(C(=S)Nc2cc(C)cc(C)c2)CC1. The summed E-state index contributed by atoms with van der Waals surface area (Å²) < 4.78 is 5.48. The Bertz CT molecular complexity index is 734. The third kappa shape index (κ3) is 4.23. The first-order chi connectivity index (χ1) is 12.1. The Labute approximate surface area is 155 Å². The molecule has 1 N–H and O–H groups in total. The van der Waals surface area contributed by atoms with Gasteiger partial charge in [-0.2, -0.15) is 0 Å². The Morgan fingerprint density at radius 2 is 1.64 bits per heavy atom. The Morgan fingerprint density at radius 3 is 2.28 bits per heavy atom. The molecular weight excluding hydrogens is 330 g/mol. The van der Waals surface area contributed by atoms with E-state index in [0.29, 0.717) is 0 Å². The number of methoxy groups -OCH3 is 1. The van der Waals surface area contributed by atoms with Gasteiger partial charge in [-0.05, 0) is 61.5 Å². The molecule has 1 heterocycles. The smallest absolute Gasteiger partial charge is 0.173 e. The molecule has 0 spiro atoms. The van der Waals surface area contributed by atoms with E-state index in [2.05, 4.69) is 59.3 Å². The van der Waals surface area contributed by atoms with Gasteiger partial charge in [0.2, 0.25) is 0 Å². The van der Waals surface area contributed by atoms with E-state index in [1.54, 1.807) is 7.11 Å². The van der Waals surface area contributed by atoms with Crippen LogP contribution in [0.25, 0.3) is 0 Å². The summed E-state index contributed by atoms with van der Waals surface area (Å²) in [7, 11) is 1.72. The van der Waals surface area contributed by atoms with Crippen LogP contribution in [0.15, 0.2) is 42.5 Å². The van der Waals surface area contributed by atoms with Gasteiger partial charge in [-0.3, -0.25) is 0 Å². The van der Waals surface area contributed by atoms with Crippen LogP contribution >= 0.6 is 12.2 Å². The number of nitrogens with zero attached hydrogens (tertiary/aromatic N) is 2. The maximum atomic E-state index is 5.62. The van der Waals surface area contributed by atoms with Gasteiger partial charge >= 0.3 is 0 Å². The number of nitrogens with one attached hydrogen (secondary N) is 1. The quantitative estimate of drug-likeness (QED) is 0.845. The van der Waals surface area contributed by atoms with Crippen molar-refractivity contribution in [3.8, 4) is 5.75 Å². The van der Waals surface area contributed by atoms with E-state index in [0.717, 1.165) is 48.4 Å². The molecular formula is C20H25N3OS. The van der Waals surface area contributed by atoms with Crippen molar-refractivity contribution in [3.05, 3.63) is 53.6 Å². The number of anilines is 2. The first kappa shape index (κ1) is 17.5. The van der Waals surface area contributed by atoms with Crippen molar-refractivity contribution < 1.29 is 4.74 Å². The molecule has 2 aromatic carbocycles. The molecule has 4 nitrogen and oxygen atoms in total. The number of para-hydroxylation sites is 2. The summed E-state index contributed by atoms with van der Waals surface area (Å²) in [6, 6.07) is 14.6. The van der Waals surface area contributed by atoms with Crippen LogP contribution in [0.3, 0.4) is 0 Å². The molecule has 0 unspecified atom stereocenters. The van der Waals surface area contributed by atoms with Crippen LogP contribution in [0.5, 0.6) is 5.75 Å². The zero-order chi connectivity index (χ0) is 17.8. The summed E-state index contributed by atoms with van der Waals surface area (Å²) in [4.78, 5) is 4.59. The second-order valence-corrected chi connectivity index (χ2v) is 6.84. The lowest BCUT2D eigenvalue weighted by Gasteiger charge is -2.37. The minimum Gasteiger partial charge on any atom is -0.495 e. The molecule has 0 amide bonds. The monoisotopic (exact) mass is 355 g/mol. The topological polar surface area (TPSA) is 27.7 Å². The maximum absolute atomic E-state index is 5.62. The second kappa shape index (κ2) is 7.74. The van der Waals surface area contributed by atoms with Crippen LogP contribution in [-0.4, -0.2) is 43.3 Å². The van der Waals surface area contributed by atoms with Crippen LogP contribution in [0.4, 0.5) is 11.4 Å². The second-order valence-electron chi connectivity index (χ2n) is 6.45. The molecule has 0 atom stereocenters. The highest BCUT2D eigenvalue weighted by Crippen LogP contribution is 2.28. The van der Waals surface area contributed by atoms with Gasteiger partial charge in [-0.1, -0.05) is 18.2 Å². The Kier molecular flexibility index (Phi) is 5.43. The average Bonchev–Trinajstić information content (AvgIpc) is 2.61. The molecule has 1 fully saturated rings. The molecule has 132 valence electrons. The van der Waals surface area contributed by atoms with Crippen molar-refractivity contribution in [2.45, 2.75) is 13.8 Å². The summed E-state index contributed by atoms with van der Waals surface area (Å²) in [5, 5.41) is 4.18. The predicted octanol–water partition coefficient (Wildman–Crippen LogP) is 3.83. The van der Waals surface area contributed by atoms with Crippen molar-refractivity contribution in [2.75, 3.05) is 43.5 Å². The average molecular weight is 356 g/mol. The van der Waals surface area contributed by atoms with Crippen LogP contribution in [0, 0.1) is 13.8 Å². The van der Waals surface area contributed by atoms with Crippen LogP contribution < -0.4 is 15.0 Å². The van der Waals surface area contributed by atoms with Gasteiger partial charge in [0.1, 0.15) is 5.75 Å². The molecule has 25 heavy (non-hydrogen) atoms. The van der Waals surface area contributed by atoms with Gasteiger partial charge < -0.3 is 19.9 Å². The highest BCUT2D eigenvalue weighted by molar-refractivity contribution is 7.80. The van der Waals surface area contributed by atoms with Crippen molar-refractivity contribution in [3.63, 3.8) is 0 Å². The van der Waals surface area contributed by atoms with E-state index < -0.39 is 0 Å². The zero-order valence-electron chi connectivity index (χ0n) is 15.1. The first-order valence-electron chi connectivity index (χ1n) is 8.59. The molecule has 3 rings (SSSR count). The fourth-order valence-electron chi connectivity index (χ4n) is 3.29. The minimum absolute atomic E-state index is 0.796. The fourth-order valence-corrected chi connectivity index (χ4v) is 3.59. The number of benzene rings is 2. The number of piperazine rings is 1. The maximum Gasteiger partial charge on any atom is 0.173 e. The molecule has 2 aromatic rings. The highest BCUT2D eigenvalue weighted by atomic mass is 32.1.